The fourth-order valence-corrected chi connectivity index (χ4v) is 3.87. The Morgan fingerprint density at radius 2 is 2.22 bits per heavy atom. The zero-order valence-corrected chi connectivity index (χ0v) is 11.6. The van der Waals surface area contributed by atoms with Crippen LogP contribution in [-0.4, -0.2) is 39.2 Å². The Bertz CT molecular complexity index is 462. The molecule has 0 radical (unpaired) electrons. The lowest BCUT2D eigenvalue weighted by atomic mass is 9.75. The van der Waals surface area contributed by atoms with Crippen LogP contribution in [0.25, 0.3) is 0 Å². The van der Waals surface area contributed by atoms with Crippen LogP contribution in [0.3, 0.4) is 0 Å². The van der Waals surface area contributed by atoms with Gasteiger partial charge in [-0.15, -0.1) is 0 Å². The van der Waals surface area contributed by atoms with Gasteiger partial charge in [-0.05, 0) is 25.0 Å². The van der Waals surface area contributed by atoms with Gasteiger partial charge < -0.3 is 10.6 Å². The van der Waals surface area contributed by atoms with E-state index in [9.17, 15) is 13.2 Å². The average molecular weight is 272 g/mol. The van der Waals surface area contributed by atoms with Gasteiger partial charge in [0.15, 0.2) is 9.84 Å². The summed E-state index contributed by atoms with van der Waals surface area (Å²) in [6, 6.07) is -0.376. The quantitative estimate of drug-likeness (QED) is 0.761. The molecule has 1 amide bonds. The summed E-state index contributed by atoms with van der Waals surface area (Å²) in [4.78, 5) is 12.4. The van der Waals surface area contributed by atoms with Crippen molar-refractivity contribution >= 4 is 15.7 Å². The molecule has 2 unspecified atom stereocenters. The largest absolute Gasteiger partial charge is 0.348 e. The van der Waals surface area contributed by atoms with E-state index in [2.05, 4.69) is 10.6 Å². The van der Waals surface area contributed by atoms with Crippen molar-refractivity contribution in [1.29, 1.82) is 0 Å². The zero-order chi connectivity index (χ0) is 13.4. The first-order valence-corrected chi connectivity index (χ1v) is 8.00. The topological polar surface area (TPSA) is 75.3 Å². The maximum absolute atomic E-state index is 12.4. The van der Waals surface area contributed by atoms with Crippen LogP contribution in [-0.2, 0) is 14.6 Å². The van der Waals surface area contributed by atoms with Crippen LogP contribution >= 0.6 is 0 Å². The minimum absolute atomic E-state index is 0.0135. The standard InChI is InChI=1S/C12H20N2O3S/c1-9(2)12(4-5-13-8-12)11(15)14-10-3-6-18(16,17)7-10/h3,6,9-10,13H,4-5,7-8H2,1-2H3,(H,14,15). The summed E-state index contributed by atoms with van der Waals surface area (Å²) in [5.74, 6) is 0.184. The second kappa shape index (κ2) is 4.66. The third kappa shape index (κ3) is 2.44. The van der Waals surface area contributed by atoms with Gasteiger partial charge in [0.25, 0.3) is 0 Å². The first-order valence-electron chi connectivity index (χ1n) is 6.28. The molecular weight excluding hydrogens is 252 g/mol. The van der Waals surface area contributed by atoms with E-state index in [0.717, 1.165) is 13.0 Å². The minimum Gasteiger partial charge on any atom is -0.348 e. The third-order valence-corrected chi connectivity index (χ3v) is 5.39. The highest BCUT2D eigenvalue weighted by atomic mass is 32.2. The van der Waals surface area contributed by atoms with Crippen LogP contribution in [0.2, 0.25) is 0 Å². The Kier molecular flexibility index (Phi) is 3.51. The van der Waals surface area contributed by atoms with Crippen LogP contribution in [0.5, 0.6) is 0 Å². The molecular formula is C12H20N2O3S. The first kappa shape index (κ1) is 13.5. The lowest BCUT2D eigenvalue weighted by Crippen LogP contribution is -2.49. The highest BCUT2D eigenvalue weighted by Crippen LogP contribution is 2.34. The van der Waals surface area contributed by atoms with Crippen molar-refractivity contribution in [1.82, 2.24) is 10.6 Å². The molecule has 2 N–H and O–H groups in total. The van der Waals surface area contributed by atoms with E-state index in [1.807, 2.05) is 13.8 Å². The van der Waals surface area contributed by atoms with Gasteiger partial charge in [-0.25, -0.2) is 8.42 Å². The lowest BCUT2D eigenvalue weighted by Gasteiger charge is -2.32. The van der Waals surface area contributed by atoms with E-state index in [1.54, 1.807) is 6.08 Å². The molecule has 1 saturated heterocycles. The van der Waals surface area contributed by atoms with Gasteiger partial charge in [-0.2, -0.15) is 0 Å². The number of amides is 1. The number of hydrogen-bond acceptors (Lipinski definition) is 4. The number of nitrogens with one attached hydrogen (secondary N) is 2. The summed E-state index contributed by atoms with van der Waals surface area (Å²) >= 11 is 0. The van der Waals surface area contributed by atoms with Crippen molar-refractivity contribution in [3.8, 4) is 0 Å². The van der Waals surface area contributed by atoms with E-state index in [4.69, 9.17) is 0 Å². The molecule has 102 valence electrons. The van der Waals surface area contributed by atoms with E-state index < -0.39 is 15.3 Å². The molecule has 18 heavy (non-hydrogen) atoms. The van der Waals surface area contributed by atoms with E-state index >= 15 is 0 Å². The molecule has 0 bridgehead atoms. The van der Waals surface area contributed by atoms with Crippen molar-refractivity contribution in [2.24, 2.45) is 11.3 Å². The van der Waals surface area contributed by atoms with Crippen LogP contribution < -0.4 is 10.6 Å². The molecule has 0 spiro atoms. The predicted octanol–water partition coefficient (Wildman–Crippen LogP) is 0.0490. The van der Waals surface area contributed by atoms with Crippen LogP contribution in [0.4, 0.5) is 0 Å². The van der Waals surface area contributed by atoms with Crippen molar-refractivity contribution in [3.05, 3.63) is 11.5 Å². The van der Waals surface area contributed by atoms with Gasteiger partial charge in [-0.3, -0.25) is 4.79 Å². The van der Waals surface area contributed by atoms with Crippen molar-refractivity contribution in [2.75, 3.05) is 18.8 Å². The van der Waals surface area contributed by atoms with Gasteiger partial charge in [-0.1, -0.05) is 13.8 Å². The van der Waals surface area contributed by atoms with Crippen molar-refractivity contribution in [3.63, 3.8) is 0 Å². The summed E-state index contributed by atoms with van der Waals surface area (Å²) in [5, 5.41) is 7.26. The Labute approximate surface area is 108 Å². The Balaban J connectivity index is 2.06. The fourth-order valence-electron chi connectivity index (χ4n) is 2.64. The molecule has 2 aliphatic rings. The second-order valence-corrected chi connectivity index (χ2v) is 7.41. The number of carbonyl (C=O) groups excluding carboxylic acids is 1. The van der Waals surface area contributed by atoms with Gasteiger partial charge >= 0.3 is 0 Å². The molecule has 0 aromatic heterocycles. The third-order valence-electron chi connectivity index (χ3n) is 3.99. The SMILES string of the molecule is CC(C)C1(C(=O)NC2C=CS(=O)(=O)C2)CCNC1. The van der Waals surface area contributed by atoms with Gasteiger partial charge in [0.05, 0.1) is 17.2 Å². The summed E-state index contributed by atoms with van der Waals surface area (Å²) in [6.45, 7) is 5.58. The van der Waals surface area contributed by atoms with E-state index in [-0.39, 0.29) is 23.6 Å². The Hall–Kier alpha value is -0.880. The molecule has 0 saturated carbocycles. The zero-order valence-electron chi connectivity index (χ0n) is 10.8. The van der Waals surface area contributed by atoms with E-state index in [0.29, 0.717) is 6.54 Å². The Morgan fingerprint density at radius 1 is 1.50 bits per heavy atom. The summed E-state index contributed by atoms with van der Waals surface area (Å²) in [7, 11) is -3.12. The van der Waals surface area contributed by atoms with Crippen molar-refractivity contribution < 1.29 is 13.2 Å². The minimum atomic E-state index is -3.12. The lowest BCUT2D eigenvalue weighted by molar-refractivity contribution is -0.132. The van der Waals surface area contributed by atoms with Gasteiger partial charge in [0.1, 0.15) is 0 Å². The smallest absolute Gasteiger partial charge is 0.228 e. The number of carbonyl (C=O) groups is 1. The fraction of sp³-hybridized carbons (Fsp3) is 0.750. The average Bonchev–Trinajstić information content (AvgIpc) is 2.85. The molecule has 5 nitrogen and oxygen atoms in total. The summed E-state index contributed by atoms with van der Waals surface area (Å²) in [5.41, 5.74) is -0.403. The summed E-state index contributed by atoms with van der Waals surface area (Å²) in [6.07, 6.45) is 2.36. The molecule has 0 aromatic rings. The van der Waals surface area contributed by atoms with Gasteiger partial charge in [0, 0.05) is 12.0 Å². The van der Waals surface area contributed by atoms with Crippen LogP contribution in [0, 0.1) is 11.3 Å². The maximum atomic E-state index is 12.4. The Morgan fingerprint density at radius 3 is 2.67 bits per heavy atom. The molecule has 1 fully saturated rings. The van der Waals surface area contributed by atoms with Crippen LogP contribution in [0.1, 0.15) is 20.3 Å². The molecule has 0 aliphatic carbocycles. The molecule has 0 aromatic carbocycles. The second-order valence-electron chi connectivity index (χ2n) is 5.48. The van der Waals surface area contributed by atoms with Crippen LogP contribution in [0.15, 0.2) is 11.5 Å². The number of hydrogen-bond donors (Lipinski definition) is 2. The highest BCUT2D eigenvalue weighted by molar-refractivity contribution is 7.94. The normalized spacial score (nSPS) is 34.1. The molecule has 6 heteroatoms. The monoisotopic (exact) mass is 272 g/mol. The molecule has 2 aliphatic heterocycles. The number of rotatable bonds is 3. The van der Waals surface area contributed by atoms with Gasteiger partial charge in [0.2, 0.25) is 5.91 Å². The molecule has 2 atom stereocenters. The molecule has 2 heterocycles. The predicted molar refractivity (Wildman–Crippen MR) is 69.6 cm³/mol. The van der Waals surface area contributed by atoms with Crippen molar-refractivity contribution in [2.45, 2.75) is 26.3 Å². The number of sulfone groups is 1. The summed E-state index contributed by atoms with van der Waals surface area (Å²) < 4.78 is 22.6. The maximum Gasteiger partial charge on any atom is 0.228 e. The van der Waals surface area contributed by atoms with E-state index in [1.165, 1.54) is 5.41 Å². The first-order chi connectivity index (χ1) is 8.36. The molecule has 2 rings (SSSR count). The highest BCUT2D eigenvalue weighted by Gasteiger charge is 2.44.